The standard InChI is InChI=1S/C34H24N2/c1-2-12-28(13-3-1)36-33-17-9-7-15-30(33)31-23-27(20-21-34(31)36)35-32-16-8-6-14-29(32)26-19-18-24-10-4-5-11-25(24)22-26/h1-23,35H. The van der Waals surface area contributed by atoms with E-state index in [0.29, 0.717) is 0 Å². The topological polar surface area (TPSA) is 17.0 Å². The lowest BCUT2D eigenvalue weighted by molar-refractivity contribution is 1.18. The number of benzene rings is 6. The minimum atomic E-state index is 1.08. The van der Waals surface area contributed by atoms with Crippen molar-refractivity contribution in [1.82, 2.24) is 4.57 Å². The summed E-state index contributed by atoms with van der Waals surface area (Å²) in [5.41, 5.74) is 8.16. The summed E-state index contributed by atoms with van der Waals surface area (Å²) < 4.78 is 2.34. The molecule has 0 saturated heterocycles. The van der Waals surface area contributed by atoms with Crippen LogP contribution in [-0.4, -0.2) is 4.57 Å². The zero-order chi connectivity index (χ0) is 23.9. The van der Waals surface area contributed by atoms with Crippen molar-refractivity contribution in [2.75, 3.05) is 5.32 Å². The fourth-order valence-corrected chi connectivity index (χ4v) is 5.26. The predicted octanol–water partition coefficient (Wildman–Crippen LogP) is 9.35. The SMILES string of the molecule is c1ccc(-n2c3ccccc3c3cc(Nc4ccccc4-c4ccc5ccccc5c4)ccc32)cc1. The Balaban J connectivity index is 1.34. The molecular formula is C34H24N2. The molecule has 0 radical (unpaired) electrons. The zero-order valence-corrected chi connectivity index (χ0v) is 19.7. The first kappa shape index (κ1) is 20.5. The summed E-state index contributed by atoms with van der Waals surface area (Å²) >= 11 is 0. The first-order valence-electron chi connectivity index (χ1n) is 12.3. The molecule has 0 amide bonds. The number of anilines is 2. The van der Waals surface area contributed by atoms with Crippen molar-refractivity contribution in [2.45, 2.75) is 0 Å². The Morgan fingerprint density at radius 1 is 0.472 bits per heavy atom. The highest BCUT2D eigenvalue weighted by Gasteiger charge is 2.13. The second kappa shape index (κ2) is 8.44. The number of hydrogen-bond acceptors (Lipinski definition) is 1. The molecule has 1 heterocycles. The van der Waals surface area contributed by atoms with Crippen molar-refractivity contribution < 1.29 is 0 Å². The molecule has 0 saturated carbocycles. The third-order valence-corrected chi connectivity index (χ3v) is 6.95. The number of nitrogens with zero attached hydrogens (tertiary/aromatic N) is 1. The van der Waals surface area contributed by atoms with Crippen molar-refractivity contribution in [2.24, 2.45) is 0 Å². The van der Waals surface area contributed by atoms with E-state index in [1.165, 1.54) is 49.4 Å². The van der Waals surface area contributed by atoms with Crippen LogP contribution in [-0.2, 0) is 0 Å². The van der Waals surface area contributed by atoms with Gasteiger partial charge in [-0.2, -0.15) is 0 Å². The van der Waals surface area contributed by atoms with Crippen LogP contribution in [0.15, 0.2) is 140 Å². The summed E-state index contributed by atoms with van der Waals surface area (Å²) in [4.78, 5) is 0. The maximum atomic E-state index is 3.72. The number of fused-ring (bicyclic) bond motifs is 4. The van der Waals surface area contributed by atoms with Gasteiger partial charge in [0.15, 0.2) is 0 Å². The maximum absolute atomic E-state index is 3.72. The summed E-state index contributed by atoms with van der Waals surface area (Å²) in [6, 6.07) is 49.6. The molecule has 0 aliphatic rings. The summed E-state index contributed by atoms with van der Waals surface area (Å²) in [6.45, 7) is 0. The van der Waals surface area contributed by atoms with Gasteiger partial charge in [0.2, 0.25) is 0 Å². The molecule has 6 aromatic carbocycles. The van der Waals surface area contributed by atoms with Crippen molar-refractivity contribution in [3.05, 3.63) is 140 Å². The third kappa shape index (κ3) is 3.43. The van der Waals surface area contributed by atoms with Crippen LogP contribution in [0.4, 0.5) is 11.4 Å². The summed E-state index contributed by atoms with van der Waals surface area (Å²) in [5.74, 6) is 0. The Bertz CT molecular complexity index is 1860. The Morgan fingerprint density at radius 2 is 1.19 bits per heavy atom. The van der Waals surface area contributed by atoms with Crippen LogP contribution in [0.2, 0.25) is 0 Å². The van der Waals surface area contributed by atoms with E-state index in [4.69, 9.17) is 0 Å². The van der Waals surface area contributed by atoms with E-state index in [2.05, 4.69) is 149 Å². The molecule has 2 nitrogen and oxygen atoms in total. The van der Waals surface area contributed by atoms with E-state index in [9.17, 15) is 0 Å². The minimum Gasteiger partial charge on any atom is -0.355 e. The molecule has 170 valence electrons. The van der Waals surface area contributed by atoms with E-state index in [1.807, 2.05) is 0 Å². The minimum absolute atomic E-state index is 1.08. The molecule has 0 bridgehead atoms. The number of para-hydroxylation sites is 3. The average Bonchev–Trinajstić information content (AvgIpc) is 3.27. The van der Waals surface area contributed by atoms with Gasteiger partial charge in [-0.15, -0.1) is 0 Å². The Morgan fingerprint density at radius 3 is 2.11 bits per heavy atom. The first-order valence-corrected chi connectivity index (χ1v) is 12.3. The van der Waals surface area contributed by atoms with E-state index < -0.39 is 0 Å². The van der Waals surface area contributed by atoms with Gasteiger partial charge in [0, 0.05) is 33.4 Å². The predicted molar refractivity (Wildman–Crippen MR) is 153 cm³/mol. The van der Waals surface area contributed by atoms with Crippen LogP contribution < -0.4 is 5.32 Å². The molecule has 0 unspecified atom stereocenters. The van der Waals surface area contributed by atoms with Gasteiger partial charge in [-0.05, 0) is 64.9 Å². The Labute approximate surface area is 210 Å². The second-order valence-electron chi connectivity index (χ2n) is 9.15. The van der Waals surface area contributed by atoms with Crippen LogP contribution in [0.1, 0.15) is 0 Å². The van der Waals surface area contributed by atoms with E-state index >= 15 is 0 Å². The molecule has 0 fully saturated rings. The number of rotatable bonds is 4. The first-order chi connectivity index (χ1) is 17.8. The summed E-state index contributed by atoms with van der Waals surface area (Å²) in [7, 11) is 0. The largest absolute Gasteiger partial charge is 0.355 e. The molecule has 0 atom stereocenters. The summed E-state index contributed by atoms with van der Waals surface area (Å²) in [6.07, 6.45) is 0. The monoisotopic (exact) mass is 460 g/mol. The molecule has 7 rings (SSSR count). The van der Waals surface area contributed by atoms with Gasteiger partial charge in [0.25, 0.3) is 0 Å². The molecule has 0 aliphatic carbocycles. The molecule has 1 N–H and O–H groups in total. The molecule has 7 aromatic rings. The Hall–Kier alpha value is -4.82. The lowest BCUT2D eigenvalue weighted by Crippen LogP contribution is -1.95. The highest BCUT2D eigenvalue weighted by atomic mass is 15.0. The molecule has 1 aromatic heterocycles. The van der Waals surface area contributed by atoms with Crippen molar-refractivity contribution >= 4 is 44.0 Å². The highest BCUT2D eigenvalue weighted by molar-refractivity contribution is 6.10. The smallest absolute Gasteiger partial charge is 0.0542 e. The van der Waals surface area contributed by atoms with Gasteiger partial charge in [-0.25, -0.2) is 0 Å². The third-order valence-electron chi connectivity index (χ3n) is 6.95. The average molecular weight is 461 g/mol. The lowest BCUT2D eigenvalue weighted by atomic mass is 9.99. The van der Waals surface area contributed by atoms with Crippen LogP contribution in [0.3, 0.4) is 0 Å². The molecule has 36 heavy (non-hydrogen) atoms. The lowest BCUT2D eigenvalue weighted by Gasteiger charge is -2.14. The fourth-order valence-electron chi connectivity index (χ4n) is 5.26. The van der Waals surface area contributed by atoms with E-state index in [0.717, 1.165) is 11.4 Å². The van der Waals surface area contributed by atoms with Crippen LogP contribution >= 0.6 is 0 Å². The second-order valence-corrected chi connectivity index (χ2v) is 9.15. The summed E-state index contributed by atoms with van der Waals surface area (Å²) in [5, 5.41) is 8.71. The van der Waals surface area contributed by atoms with E-state index in [1.54, 1.807) is 0 Å². The number of nitrogens with one attached hydrogen (secondary N) is 1. The highest BCUT2D eigenvalue weighted by Crippen LogP contribution is 2.36. The van der Waals surface area contributed by atoms with Gasteiger partial charge < -0.3 is 9.88 Å². The molecular weight excluding hydrogens is 436 g/mol. The Kier molecular flexibility index (Phi) is 4.82. The quantitative estimate of drug-likeness (QED) is 0.277. The van der Waals surface area contributed by atoms with Gasteiger partial charge in [-0.1, -0.05) is 91.0 Å². The molecule has 0 spiro atoms. The van der Waals surface area contributed by atoms with Crippen LogP contribution in [0.5, 0.6) is 0 Å². The molecule has 2 heteroatoms. The number of aromatic nitrogens is 1. The zero-order valence-electron chi connectivity index (χ0n) is 19.7. The molecule has 0 aliphatic heterocycles. The van der Waals surface area contributed by atoms with Crippen molar-refractivity contribution in [1.29, 1.82) is 0 Å². The van der Waals surface area contributed by atoms with Gasteiger partial charge >= 0.3 is 0 Å². The van der Waals surface area contributed by atoms with Gasteiger partial charge in [0.1, 0.15) is 0 Å². The fraction of sp³-hybridized carbons (Fsp3) is 0. The maximum Gasteiger partial charge on any atom is 0.0542 e. The van der Waals surface area contributed by atoms with Gasteiger partial charge in [-0.3, -0.25) is 0 Å². The van der Waals surface area contributed by atoms with Crippen LogP contribution in [0.25, 0.3) is 49.4 Å². The van der Waals surface area contributed by atoms with Crippen LogP contribution in [0, 0.1) is 0 Å². The van der Waals surface area contributed by atoms with Gasteiger partial charge in [0.05, 0.1) is 11.0 Å². The van der Waals surface area contributed by atoms with Crippen molar-refractivity contribution in [3.8, 4) is 16.8 Å². The normalized spacial score (nSPS) is 11.3. The van der Waals surface area contributed by atoms with Crippen molar-refractivity contribution in [3.63, 3.8) is 0 Å². The number of hydrogen-bond donors (Lipinski definition) is 1. The van der Waals surface area contributed by atoms with E-state index in [-0.39, 0.29) is 0 Å².